The second-order valence-corrected chi connectivity index (χ2v) is 5.23. The largest absolute Gasteiger partial charge is 0.390 e. The van der Waals surface area contributed by atoms with Gasteiger partial charge in [-0.3, -0.25) is 4.79 Å². The molecule has 0 radical (unpaired) electrons. The van der Waals surface area contributed by atoms with Gasteiger partial charge in [0.2, 0.25) is 0 Å². The molecule has 18 heavy (non-hydrogen) atoms. The summed E-state index contributed by atoms with van der Waals surface area (Å²) in [5.41, 5.74) is -0.630. The first kappa shape index (κ1) is 13.1. The van der Waals surface area contributed by atoms with Crippen molar-refractivity contribution in [3.63, 3.8) is 0 Å². The number of aromatic nitrogens is 2. The quantitative estimate of drug-likeness (QED) is 0.871. The Morgan fingerprint density at radius 1 is 1.44 bits per heavy atom. The highest BCUT2D eigenvalue weighted by Crippen LogP contribution is 2.22. The van der Waals surface area contributed by atoms with E-state index in [4.69, 9.17) is 0 Å². The number of nitrogens with zero attached hydrogens (tertiary/aromatic N) is 3. The average molecular weight is 251 g/mol. The summed E-state index contributed by atoms with van der Waals surface area (Å²) in [7, 11) is 0. The first-order valence-electron chi connectivity index (χ1n) is 6.56. The van der Waals surface area contributed by atoms with Crippen LogP contribution in [0.1, 0.15) is 33.1 Å². The Hall–Kier alpha value is -1.36. The number of aliphatic hydroxyl groups is 1. The van der Waals surface area contributed by atoms with Gasteiger partial charge in [0.1, 0.15) is 0 Å². The van der Waals surface area contributed by atoms with Crippen LogP contribution in [-0.4, -0.2) is 33.3 Å². The van der Waals surface area contributed by atoms with Crippen molar-refractivity contribution in [1.29, 1.82) is 0 Å². The monoisotopic (exact) mass is 251 g/mol. The Bertz CT molecular complexity index is 458. The molecule has 0 saturated carbocycles. The van der Waals surface area contributed by atoms with Crippen molar-refractivity contribution in [3.8, 4) is 0 Å². The average Bonchev–Trinajstić information content (AvgIpc) is 2.33. The van der Waals surface area contributed by atoms with E-state index in [1.54, 1.807) is 17.0 Å². The Morgan fingerprint density at radius 2 is 2.11 bits per heavy atom. The third kappa shape index (κ3) is 2.72. The van der Waals surface area contributed by atoms with Crippen LogP contribution in [0.25, 0.3) is 0 Å². The number of anilines is 1. The summed E-state index contributed by atoms with van der Waals surface area (Å²) in [6, 6.07) is 0. The molecular weight excluding hydrogens is 230 g/mol. The van der Waals surface area contributed by atoms with E-state index in [2.05, 4.69) is 4.98 Å². The van der Waals surface area contributed by atoms with Crippen molar-refractivity contribution in [2.45, 2.75) is 45.3 Å². The van der Waals surface area contributed by atoms with Crippen molar-refractivity contribution < 1.29 is 5.11 Å². The molecule has 2 rings (SSSR count). The lowest BCUT2D eigenvalue weighted by atomic mass is 9.94. The van der Waals surface area contributed by atoms with Gasteiger partial charge in [0, 0.05) is 32.0 Å². The van der Waals surface area contributed by atoms with E-state index in [1.165, 1.54) is 0 Å². The van der Waals surface area contributed by atoms with Crippen LogP contribution in [0.4, 0.5) is 5.82 Å². The maximum absolute atomic E-state index is 12.2. The van der Waals surface area contributed by atoms with Gasteiger partial charge in [-0.05, 0) is 26.2 Å². The van der Waals surface area contributed by atoms with Crippen LogP contribution in [-0.2, 0) is 6.54 Å². The molecule has 1 aromatic rings. The molecule has 0 aromatic carbocycles. The van der Waals surface area contributed by atoms with Gasteiger partial charge in [0.25, 0.3) is 5.56 Å². The normalized spacial score (nSPS) is 18.9. The van der Waals surface area contributed by atoms with Crippen LogP contribution in [0.15, 0.2) is 17.2 Å². The van der Waals surface area contributed by atoms with Gasteiger partial charge < -0.3 is 14.6 Å². The molecule has 0 unspecified atom stereocenters. The minimum Gasteiger partial charge on any atom is -0.390 e. The zero-order valence-corrected chi connectivity index (χ0v) is 11.1. The first-order chi connectivity index (χ1) is 8.53. The summed E-state index contributed by atoms with van der Waals surface area (Å²) in [5, 5.41) is 9.92. The third-order valence-electron chi connectivity index (χ3n) is 3.50. The van der Waals surface area contributed by atoms with E-state index >= 15 is 0 Å². The second kappa shape index (κ2) is 5.10. The fraction of sp³-hybridized carbons (Fsp3) is 0.692. The van der Waals surface area contributed by atoms with E-state index in [9.17, 15) is 9.90 Å². The van der Waals surface area contributed by atoms with Crippen LogP contribution >= 0.6 is 0 Å². The van der Waals surface area contributed by atoms with Crippen molar-refractivity contribution >= 4 is 5.82 Å². The summed E-state index contributed by atoms with van der Waals surface area (Å²) in [5.74, 6) is 0.515. The van der Waals surface area contributed by atoms with Crippen LogP contribution in [0.5, 0.6) is 0 Å². The van der Waals surface area contributed by atoms with Gasteiger partial charge in [-0.2, -0.15) is 0 Å². The number of aryl methyl sites for hydroxylation is 1. The standard InChI is InChI=1S/C13H21N3O2/c1-3-7-16-10-6-14-11(12(16)17)15-8-4-13(2,18)5-9-15/h6,10,18H,3-5,7-9H2,1-2H3. The Balaban J connectivity index is 2.19. The molecule has 5 nitrogen and oxygen atoms in total. The molecule has 100 valence electrons. The summed E-state index contributed by atoms with van der Waals surface area (Å²) in [6.07, 6.45) is 5.69. The molecule has 0 aliphatic carbocycles. The van der Waals surface area contributed by atoms with Gasteiger partial charge in [0.05, 0.1) is 5.60 Å². The smallest absolute Gasteiger partial charge is 0.293 e. The summed E-state index contributed by atoms with van der Waals surface area (Å²) in [4.78, 5) is 18.4. The fourth-order valence-corrected chi connectivity index (χ4v) is 2.27. The molecule has 0 bridgehead atoms. The van der Waals surface area contributed by atoms with Crippen molar-refractivity contribution in [3.05, 3.63) is 22.7 Å². The van der Waals surface area contributed by atoms with Crippen LogP contribution in [0.3, 0.4) is 0 Å². The number of hydrogen-bond donors (Lipinski definition) is 1. The van der Waals surface area contributed by atoms with Gasteiger partial charge in [-0.15, -0.1) is 0 Å². The number of rotatable bonds is 3. The molecule has 1 aliphatic heterocycles. The zero-order chi connectivity index (χ0) is 13.2. The molecule has 0 amide bonds. The molecule has 1 N–H and O–H groups in total. The molecule has 1 aliphatic rings. The Kier molecular flexibility index (Phi) is 3.71. The van der Waals surface area contributed by atoms with Crippen molar-refractivity contribution in [1.82, 2.24) is 9.55 Å². The lowest BCUT2D eigenvalue weighted by molar-refractivity contribution is 0.0349. The summed E-state index contributed by atoms with van der Waals surface area (Å²) >= 11 is 0. The molecule has 2 heterocycles. The molecule has 0 atom stereocenters. The predicted molar refractivity (Wildman–Crippen MR) is 70.9 cm³/mol. The molecule has 1 saturated heterocycles. The van der Waals surface area contributed by atoms with E-state index in [1.807, 2.05) is 18.7 Å². The first-order valence-corrected chi connectivity index (χ1v) is 6.56. The van der Waals surface area contributed by atoms with Crippen LogP contribution < -0.4 is 10.5 Å². The zero-order valence-electron chi connectivity index (χ0n) is 11.1. The van der Waals surface area contributed by atoms with Gasteiger partial charge in [-0.25, -0.2) is 4.98 Å². The van der Waals surface area contributed by atoms with E-state index in [-0.39, 0.29) is 5.56 Å². The van der Waals surface area contributed by atoms with Gasteiger partial charge in [0.15, 0.2) is 5.82 Å². The van der Waals surface area contributed by atoms with Gasteiger partial charge in [-0.1, -0.05) is 6.92 Å². The Morgan fingerprint density at radius 3 is 2.72 bits per heavy atom. The summed E-state index contributed by atoms with van der Waals surface area (Å²) in [6.45, 7) is 5.99. The maximum Gasteiger partial charge on any atom is 0.293 e. The molecular formula is C13H21N3O2. The van der Waals surface area contributed by atoms with E-state index in [0.29, 0.717) is 31.7 Å². The van der Waals surface area contributed by atoms with Crippen LogP contribution in [0.2, 0.25) is 0 Å². The highest BCUT2D eigenvalue weighted by molar-refractivity contribution is 5.36. The minimum absolute atomic E-state index is 0.0270. The van der Waals surface area contributed by atoms with Crippen LogP contribution in [0, 0.1) is 0 Å². The van der Waals surface area contributed by atoms with Crippen molar-refractivity contribution in [2.24, 2.45) is 0 Å². The molecule has 1 fully saturated rings. The number of hydrogen-bond acceptors (Lipinski definition) is 4. The predicted octanol–water partition coefficient (Wildman–Crippen LogP) is 1.00. The molecule has 0 spiro atoms. The molecule has 5 heteroatoms. The maximum atomic E-state index is 12.2. The Labute approximate surface area is 107 Å². The second-order valence-electron chi connectivity index (χ2n) is 5.23. The highest BCUT2D eigenvalue weighted by atomic mass is 16.3. The SMILES string of the molecule is CCCn1ccnc(N2CCC(C)(O)CC2)c1=O. The molecule has 1 aromatic heterocycles. The summed E-state index contributed by atoms with van der Waals surface area (Å²) < 4.78 is 1.70. The van der Waals surface area contributed by atoms with Crippen molar-refractivity contribution in [2.75, 3.05) is 18.0 Å². The lowest BCUT2D eigenvalue weighted by Gasteiger charge is -2.36. The number of piperidine rings is 1. The third-order valence-corrected chi connectivity index (χ3v) is 3.50. The fourth-order valence-electron chi connectivity index (χ4n) is 2.27. The lowest BCUT2D eigenvalue weighted by Crippen LogP contribution is -2.45. The van der Waals surface area contributed by atoms with E-state index < -0.39 is 5.60 Å². The van der Waals surface area contributed by atoms with E-state index in [0.717, 1.165) is 13.0 Å². The topological polar surface area (TPSA) is 58.4 Å². The highest BCUT2D eigenvalue weighted by Gasteiger charge is 2.28. The van der Waals surface area contributed by atoms with Gasteiger partial charge >= 0.3 is 0 Å². The minimum atomic E-state index is -0.603.